The molecule has 0 aliphatic carbocycles. The van der Waals surface area contributed by atoms with Crippen LogP contribution in [0.5, 0.6) is 5.75 Å². The number of hydrogen-bond acceptors (Lipinski definition) is 4. The van der Waals surface area contributed by atoms with Gasteiger partial charge in [-0.15, -0.1) is 0 Å². The second-order valence-electron chi connectivity index (χ2n) is 4.52. The molecule has 1 aromatic rings. The van der Waals surface area contributed by atoms with Crippen LogP contribution in [-0.4, -0.2) is 18.2 Å². The Labute approximate surface area is 111 Å². The highest BCUT2D eigenvalue weighted by Gasteiger charge is 2.11. The average Bonchev–Trinajstić information content (AvgIpc) is 2.31. The quantitative estimate of drug-likeness (QED) is 0.885. The summed E-state index contributed by atoms with van der Waals surface area (Å²) < 4.78 is 10.3. The van der Waals surface area contributed by atoms with Crippen molar-refractivity contribution in [2.24, 2.45) is 5.92 Å². The van der Waals surface area contributed by atoms with Crippen molar-refractivity contribution in [3.63, 3.8) is 0 Å². The first-order valence-corrected chi connectivity index (χ1v) is 5.94. The van der Waals surface area contributed by atoms with E-state index in [0.29, 0.717) is 22.6 Å². The zero-order chi connectivity index (χ0) is 14.6. The predicted octanol–water partition coefficient (Wildman–Crippen LogP) is 2.47. The maximum Gasteiger partial charge on any atom is 0.342 e. The van der Waals surface area contributed by atoms with Gasteiger partial charge in [-0.25, -0.2) is 4.79 Å². The zero-order valence-electron chi connectivity index (χ0n) is 11.5. The molecule has 0 aromatic carbocycles. The van der Waals surface area contributed by atoms with Gasteiger partial charge in [0.15, 0.2) is 0 Å². The molecule has 104 valence electrons. The Kier molecular flexibility index (Phi) is 4.92. The second-order valence-corrected chi connectivity index (χ2v) is 4.52. The van der Waals surface area contributed by atoms with Crippen LogP contribution in [0.15, 0.2) is 21.4 Å². The molecule has 0 fully saturated rings. The lowest BCUT2D eigenvalue weighted by Crippen LogP contribution is -2.07. The fourth-order valence-electron chi connectivity index (χ4n) is 1.78. The Morgan fingerprint density at radius 2 is 2.21 bits per heavy atom. The second kappa shape index (κ2) is 6.22. The summed E-state index contributed by atoms with van der Waals surface area (Å²) in [6.07, 6.45) is 1.80. The summed E-state index contributed by atoms with van der Waals surface area (Å²) in [4.78, 5) is 22.2. The van der Waals surface area contributed by atoms with Crippen LogP contribution in [0.1, 0.15) is 31.6 Å². The van der Waals surface area contributed by atoms with Crippen LogP contribution in [0.4, 0.5) is 0 Å². The first-order chi connectivity index (χ1) is 8.85. The monoisotopic (exact) mass is 266 g/mol. The fraction of sp³-hybridized carbons (Fsp3) is 0.429. The third-order valence-corrected chi connectivity index (χ3v) is 2.78. The molecular formula is C14H18O5. The number of aliphatic carboxylic acids is 1. The van der Waals surface area contributed by atoms with Crippen molar-refractivity contribution in [3.05, 3.63) is 33.9 Å². The van der Waals surface area contributed by atoms with E-state index in [1.165, 1.54) is 7.11 Å². The lowest BCUT2D eigenvalue weighted by Gasteiger charge is -2.08. The van der Waals surface area contributed by atoms with Gasteiger partial charge in [-0.05, 0) is 25.3 Å². The molecule has 1 rings (SSSR count). The highest BCUT2D eigenvalue weighted by atomic mass is 16.5. The number of carbonyl (C=O) groups is 1. The molecule has 1 aromatic heterocycles. The van der Waals surface area contributed by atoms with Crippen molar-refractivity contribution in [1.82, 2.24) is 0 Å². The number of methoxy groups -OCH3 is 1. The van der Waals surface area contributed by atoms with Gasteiger partial charge in [-0.3, -0.25) is 4.79 Å². The molecule has 19 heavy (non-hydrogen) atoms. The van der Waals surface area contributed by atoms with E-state index in [-0.39, 0.29) is 12.3 Å². The Hall–Kier alpha value is -2.04. The molecule has 0 saturated heterocycles. The fourth-order valence-corrected chi connectivity index (χ4v) is 1.78. The largest absolute Gasteiger partial charge is 0.496 e. The summed E-state index contributed by atoms with van der Waals surface area (Å²) in [6, 6.07) is 1.63. The minimum atomic E-state index is -0.862. The molecule has 0 unspecified atom stereocenters. The Morgan fingerprint density at radius 3 is 2.74 bits per heavy atom. The summed E-state index contributed by atoms with van der Waals surface area (Å²) in [5.41, 5.74) is 0.676. The molecule has 0 amide bonds. The van der Waals surface area contributed by atoms with Gasteiger partial charge in [0.05, 0.1) is 19.1 Å². The highest BCUT2D eigenvalue weighted by molar-refractivity contribution is 5.68. The van der Waals surface area contributed by atoms with Crippen molar-refractivity contribution in [3.8, 4) is 5.75 Å². The van der Waals surface area contributed by atoms with Gasteiger partial charge in [0, 0.05) is 6.07 Å². The summed E-state index contributed by atoms with van der Waals surface area (Å²) >= 11 is 0. The van der Waals surface area contributed by atoms with Crippen LogP contribution < -0.4 is 10.4 Å². The Bertz CT molecular complexity index is 553. The first kappa shape index (κ1) is 15.0. The van der Waals surface area contributed by atoms with Gasteiger partial charge in [0.25, 0.3) is 0 Å². The van der Waals surface area contributed by atoms with Gasteiger partial charge < -0.3 is 14.3 Å². The SMILES string of the molecule is COc1cc(C(C)=C[C@@H](C)CC(=O)O)oc(=O)c1C. The molecular weight excluding hydrogens is 248 g/mol. The minimum Gasteiger partial charge on any atom is -0.496 e. The molecule has 0 saturated carbocycles. The van der Waals surface area contributed by atoms with E-state index in [1.54, 1.807) is 32.9 Å². The summed E-state index contributed by atoms with van der Waals surface area (Å²) in [6.45, 7) is 5.19. The van der Waals surface area contributed by atoms with Crippen molar-refractivity contribution in [2.45, 2.75) is 27.2 Å². The van der Waals surface area contributed by atoms with Crippen LogP contribution >= 0.6 is 0 Å². The van der Waals surface area contributed by atoms with Crippen molar-refractivity contribution in [1.29, 1.82) is 0 Å². The highest BCUT2D eigenvalue weighted by Crippen LogP contribution is 2.22. The van der Waals surface area contributed by atoms with Crippen molar-refractivity contribution >= 4 is 11.5 Å². The van der Waals surface area contributed by atoms with Gasteiger partial charge in [0.2, 0.25) is 0 Å². The smallest absolute Gasteiger partial charge is 0.342 e. The van der Waals surface area contributed by atoms with E-state index in [2.05, 4.69) is 0 Å². The standard InChI is InChI=1S/C14H18O5/c1-8(6-13(15)16)5-9(2)11-7-12(18-4)10(3)14(17)19-11/h5,7-8H,6H2,1-4H3,(H,15,16)/t8-/m1/s1. The number of allylic oxidation sites excluding steroid dienone is 2. The van der Waals surface area contributed by atoms with Crippen LogP contribution in [0, 0.1) is 12.8 Å². The average molecular weight is 266 g/mol. The lowest BCUT2D eigenvalue weighted by atomic mass is 10.0. The zero-order valence-corrected chi connectivity index (χ0v) is 11.5. The van der Waals surface area contributed by atoms with E-state index in [9.17, 15) is 9.59 Å². The summed E-state index contributed by atoms with van der Waals surface area (Å²) in [7, 11) is 1.48. The summed E-state index contributed by atoms with van der Waals surface area (Å²) in [5, 5.41) is 8.71. The van der Waals surface area contributed by atoms with E-state index in [4.69, 9.17) is 14.3 Å². The topological polar surface area (TPSA) is 76.7 Å². The molecule has 1 atom stereocenters. The van der Waals surface area contributed by atoms with Gasteiger partial charge in [0.1, 0.15) is 11.5 Å². The molecule has 5 heteroatoms. The minimum absolute atomic E-state index is 0.0323. The van der Waals surface area contributed by atoms with Crippen molar-refractivity contribution < 1.29 is 19.1 Å². The van der Waals surface area contributed by atoms with Gasteiger partial charge >= 0.3 is 11.6 Å². The number of hydrogen-bond donors (Lipinski definition) is 1. The lowest BCUT2D eigenvalue weighted by molar-refractivity contribution is -0.137. The van der Waals surface area contributed by atoms with Gasteiger partial charge in [-0.1, -0.05) is 13.0 Å². The molecule has 0 aliphatic rings. The molecule has 0 radical (unpaired) electrons. The molecule has 1 heterocycles. The third kappa shape index (κ3) is 3.98. The van der Waals surface area contributed by atoms with Gasteiger partial charge in [-0.2, -0.15) is 0 Å². The molecule has 0 spiro atoms. The predicted molar refractivity (Wildman–Crippen MR) is 71.3 cm³/mol. The number of carboxylic acids is 1. The Balaban J connectivity index is 3.09. The first-order valence-electron chi connectivity index (χ1n) is 5.94. The molecule has 5 nitrogen and oxygen atoms in total. The van der Waals surface area contributed by atoms with E-state index in [1.807, 2.05) is 0 Å². The third-order valence-electron chi connectivity index (χ3n) is 2.78. The molecule has 1 N–H and O–H groups in total. The Morgan fingerprint density at radius 1 is 1.58 bits per heavy atom. The number of carboxylic acid groups (broad SMARTS) is 1. The maximum absolute atomic E-state index is 11.6. The van der Waals surface area contributed by atoms with Crippen LogP contribution in [0.3, 0.4) is 0 Å². The molecule has 0 aliphatic heterocycles. The van der Waals surface area contributed by atoms with Crippen molar-refractivity contribution in [2.75, 3.05) is 7.11 Å². The van der Waals surface area contributed by atoms with E-state index >= 15 is 0 Å². The number of rotatable bonds is 5. The normalized spacial score (nSPS) is 13.2. The van der Waals surface area contributed by atoms with Crippen LogP contribution in [-0.2, 0) is 4.79 Å². The number of ether oxygens (including phenoxy) is 1. The molecule has 0 bridgehead atoms. The summed E-state index contributed by atoms with van der Waals surface area (Å²) in [5.74, 6) is -0.149. The van der Waals surface area contributed by atoms with Crippen LogP contribution in [0.25, 0.3) is 5.57 Å². The van der Waals surface area contributed by atoms with Crippen LogP contribution in [0.2, 0.25) is 0 Å². The maximum atomic E-state index is 11.6. The van der Waals surface area contributed by atoms with E-state index < -0.39 is 11.6 Å². The van der Waals surface area contributed by atoms with E-state index in [0.717, 1.165) is 0 Å².